The quantitative estimate of drug-likeness (QED) is 0.597. The van der Waals surface area contributed by atoms with E-state index in [0.717, 1.165) is 27.9 Å². The number of pyridine rings is 1. The number of carbonyl (C=O) groups is 2. The highest BCUT2D eigenvalue weighted by molar-refractivity contribution is 5.80. The van der Waals surface area contributed by atoms with Gasteiger partial charge in [-0.05, 0) is 49.9 Å². The third-order valence-electron chi connectivity index (χ3n) is 5.07. The summed E-state index contributed by atoms with van der Waals surface area (Å²) < 4.78 is 16.5. The summed E-state index contributed by atoms with van der Waals surface area (Å²) in [4.78, 5) is 28.4. The van der Waals surface area contributed by atoms with Gasteiger partial charge in [-0.15, -0.1) is 0 Å². The minimum Gasteiger partial charge on any atom is -0.466 e. The molecule has 0 saturated carbocycles. The number of aromatic nitrogens is 1. The number of fused-ring (bicyclic) bond motifs is 3. The van der Waals surface area contributed by atoms with Crippen LogP contribution < -0.4 is 0 Å². The Hall–Kier alpha value is -2.73. The number of rotatable bonds is 9. The van der Waals surface area contributed by atoms with Gasteiger partial charge in [0, 0.05) is 23.9 Å². The first kappa shape index (κ1) is 21.0. The number of carbonyl (C=O) groups excluding carboxylic acids is 2. The highest BCUT2D eigenvalue weighted by atomic mass is 16.5. The number of aryl methyl sites for hydroxylation is 1. The van der Waals surface area contributed by atoms with Gasteiger partial charge in [0.2, 0.25) is 0 Å². The number of esters is 2. The van der Waals surface area contributed by atoms with E-state index in [2.05, 4.69) is 11.1 Å². The summed E-state index contributed by atoms with van der Waals surface area (Å²) in [7, 11) is 0. The summed E-state index contributed by atoms with van der Waals surface area (Å²) in [5, 5.41) is 0. The fourth-order valence-corrected chi connectivity index (χ4v) is 3.87. The van der Waals surface area contributed by atoms with Crippen LogP contribution in [0.3, 0.4) is 0 Å². The van der Waals surface area contributed by atoms with Crippen LogP contribution in [0.15, 0.2) is 36.5 Å². The molecule has 0 fully saturated rings. The normalized spacial score (nSPS) is 16.8. The molecule has 154 valence electrons. The van der Waals surface area contributed by atoms with Gasteiger partial charge < -0.3 is 14.2 Å². The molecule has 0 bridgehead atoms. The van der Waals surface area contributed by atoms with Crippen molar-refractivity contribution in [1.29, 1.82) is 0 Å². The van der Waals surface area contributed by atoms with Gasteiger partial charge in [-0.25, -0.2) is 0 Å². The molecule has 1 unspecified atom stereocenters. The van der Waals surface area contributed by atoms with Gasteiger partial charge in [0.1, 0.15) is 5.60 Å². The van der Waals surface area contributed by atoms with Crippen molar-refractivity contribution < 1.29 is 23.8 Å². The molecule has 0 saturated heterocycles. The third-order valence-corrected chi connectivity index (χ3v) is 5.07. The molecule has 1 aromatic heterocycles. The smallest absolute Gasteiger partial charge is 0.308 e. The van der Waals surface area contributed by atoms with E-state index >= 15 is 0 Å². The van der Waals surface area contributed by atoms with Crippen molar-refractivity contribution in [3.05, 3.63) is 53.3 Å². The van der Waals surface area contributed by atoms with Crippen molar-refractivity contribution in [2.24, 2.45) is 0 Å². The first-order chi connectivity index (χ1) is 14.0. The maximum absolute atomic E-state index is 12.1. The van der Waals surface area contributed by atoms with Crippen molar-refractivity contribution in [2.75, 3.05) is 19.8 Å². The SMILES string of the molecule is CCOC(=O)CCOC1(CCC(=O)OCC)c2ccccc2-c2cc(C)ncc21. The summed E-state index contributed by atoms with van der Waals surface area (Å²) >= 11 is 0. The monoisotopic (exact) mass is 397 g/mol. The van der Waals surface area contributed by atoms with E-state index in [1.54, 1.807) is 13.8 Å². The first-order valence-corrected chi connectivity index (χ1v) is 10.0. The molecule has 1 heterocycles. The van der Waals surface area contributed by atoms with Crippen molar-refractivity contribution in [3.8, 4) is 11.1 Å². The Morgan fingerprint density at radius 2 is 1.66 bits per heavy atom. The van der Waals surface area contributed by atoms with Crippen LogP contribution in [0.5, 0.6) is 0 Å². The zero-order chi connectivity index (χ0) is 20.9. The van der Waals surface area contributed by atoms with E-state index in [1.807, 2.05) is 37.4 Å². The third kappa shape index (κ3) is 4.32. The van der Waals surface area contributed by atoms with Gasteiger partial charge >= 0.3 is 11.9 Å². The maximum Gasteiger partial charge on any atom is 0.308 e. The van der Waals surface area contributed by atoms with Crippen LogP contribution in [0.1, 0.15) is 49.9 Å². The molecule has 1 aromatic carbocycles. The van der Waals surface area contributed by atoms with Crippen molar-refractivity contribution >= 4 is 11.9 Å². The molecule has 3 rings (SSSR count). The van der Waals surface area contributed by atoms with Gasteiger partial charge in [0.15, 0.2) is 0 Å². The Bertz CT molecular complexity index is 895. The molecule has 29 heavy (non-hydrogen) atoms. The molecule has 0 amide bonds. The molecular weight excluding hydrogens is 370 g/mol. The Morgan fingerprint density at radius 3 is 2.38 bits per heavy atom. The molecule has 6 heteroatoms. The number of nitrogens with zero attached hydrogens (tertiary/aromatic N) is 1. The number of ether oxygens (including phenoxy) is 3. The van der Waals surface area contributed by atoms with Gasteiger partial charge in [-0.3, -0.25) is 14.6 Å². The largest absolute Gasteiger partial charge is 0.466 e. The Balaban J connectivity index is 1.97. The number of benzene rings is 1. The Labute approximate surface area is 171 Å². The fourth-order valence-electron chi connectivity index (χ4n) is 3.87. The molecule has 2 aromatic rings. The zero-order valence-corrected chi connectivity index (χ0v) is 17.2. The van der Waals surface area contributed by atoms with E-state index in [9.17, 15) is 9.59 Å². The molecular formula is C23H27NO5. The average Bonchev–Trinajstić information content (AvgIpc) is 2.97. The summed E-state index contributed by atoms with van der Waals surface area (Å²) in [6.45, 7) is 6.37. The van der Waals surface area contributed by atoms with Gasteiger partial charge in [0.25, 0.3) is 0 Å². The number of hydrogen-bond donors (Lipinski definition) is 0. The van der Waals surface area contributed by atoms with Crippen LogP contribution in [0.4, 0.5) is 0 Å². The van der Waals surface area contributed by atoms with Crippen molar-refractivity contribution in [2.45, 2.75) is 45.6 Å². The molecule has 1 aliphatic carbocycles. The Kier molecular flexibility index (Phi) is 6.64. The average molecular weight is 397 g/mol. The van der Waals surface area contributed by atoms with E-state index in [4.69, 9.17) is 14.2 Å². The van der Waals surface area contributed by atoms with Crippen LogP contribution >= 0.6 is 0 Å². The summed E-state index contributed by atoms with van der Waals surface area (Å²) in [6, 6.07) is 10.0. The zero-order valence-electron chi connectivity index (χ0n) is 17.2. The van der Waals surface area contributed by atoms with E-state index in [-0.39, 0.29) is 31.4 Å². The van der Waals surface area contributed by atoms with E-state index in [0.29, 0.717) is 19.6 Å². The van der Waals surface area contributed by atoms with Gasteiger partial charge in [-0.1, -0.05) is 24.3 Å². The summed E-state index contributed by atoms with van der Waals surface area (Å²) in [5.74, 6) is -0.576. The topological polar surface area (TPSA) is 74.7 Å². The van der Waals surface area contributed by atoms with Crippen LogP contribution in [0, 0.1) is 6.92 Å². The first-order valence-electron chi connectivity index (χ1n) is 10.0. The maximum atomic E-state index is 12.1. The minimum absolute atomic E-state index is 0.145. The molecule has 0 radical (unpaired) electrons. The summed E-state index contributed by atoms with van der Waals surface area (Å²) in [6.07, 6.45) is 2.57. The summed E-state index contributed by atoms with van der Waals surface area (Å²) in [5.41, 5.74) is 4.06. The van der Waals surface area contributed by atoms with E-state index < -0.39 is 5.60 Å². The van der Waals surface area contributed by atoms with Gasteiger partial charge in [-0.2, -0.15) is 0 Å². The number of hydrogen-bond acceptors (Lipinski definition) is 6. The van der Waals surface area contributed by atoms with Crippen LogP contribution in [0.2, 0.25) is 0 Å². The second kappa shape index (κ2) is 9.18. The molecule has 1 atom stereocenters. The lowest BCUT2D eigenvalue weighted by atomic mass is 9.87. The molecule has 0 aliphatic heterocycles. The van der Waals surface area contributed by atoms with Crippen LogP contribution in [-0.4, -0.2) is 36.7 Å². The predicted molar refractivity (Wildman–Crippen MR) is 108 cm³/mol. The lowest BCUT2D eigenvalue weighted by Crippen LogP contribution is -2.31. The van der Waals surface area contributed by atoms with Crippen LogP contribution in [0.25, 0.3) is 11.1 Å². The highest BCUT2D eigenvalue weighted by Crippen LogP contribution is 2.52. The molecule has 0 spiro atoms. The molecule has 0 N–H and O–H groups in total. The predicted octanol–water partition coefficient (Wildman–Crippen LogP) is 3.93. The lowest BCUT2D eigenvalue weighted by Gasteiger charge is -2.32. The fraction of sp³-hybridized carbons (Fsp3) is 0.435. The van der Waals surface area contributed by atoms with Gasteiger partial charge in [0.05, 0.1) is 26.2 Å². The minimum atomic E-state index is -0.855. The molecule has 6 nitrogen and oxygen atoms in total. The van der Waals surface area contributed by atoms with Crippen molar-refractivity contribution in [3.63, 3.8) is 0 Å². The second-order valence-electron chi connectivity index (χ2n) is 6.95. The molecule has 1 aliphatic rings. The standard InChI is InChI=1S/C23H27NO5/c1-4-27-21(25)10-12-23(29-13-11-22(26)28-5-2)19-9-7-6-8-17(19)18-14-16(3)24-15-20(18)23/h6-9,14-15H,4-5,10-13H2,1-3H3. The lowest BCUT2D eigenvalue weighted by molar-refractivity contribution is -0.148. The van der Waals surface area contributed by atoms with E-state index in [1.165, 1.54) is 0 Å². The second-order valence-corrected chi connectivity index (χ2v) is 6.95. The van der Waals surface area contributed by atoms with Crippen molar-refractivity contribution in [1.82, 2.24) is 4.98 Å². The van der Waals surface area contributed by atoms with Crippen LogP contribution in [-0.2, 0) is 29.4 Å². The highest BCUT2D eigenvalue weighted by Gasteiger charge is 2.45. The Morgan fingerprint density at radius 1 is 0.966 bits per heavy atom.